The quantitative estimate of drug-likeness (QED) is 0.571. The van der Waals surface area contributed by atoms with Crippen LogP contribution in [0.25, 0.3) is 11.0 Å². The van der Waals surface area contributed by atoms with Crippen molar-refractivity contribution in [1.29, 1.82) is 5.26 Å². The van der Waals surface area contributed by atoms with Crippen LogP contribution in [0.5, 0.6) is 0 Å². The number of nitro groups is 1. The van der Waals surface area contributed by atoms with Crippen LogP contribution in [0, 0.1) is 21.4 Å². The van der Waals surface area contributed by atoms with Crippen LogP contribution in [0.15, 0.2) is 27.6 Å². The van der Waals surface area contributed by atoms with Gasteiger partial charge in [0, 0.05) is 11.1 Å². The Morgan fingerprint density at radius 2 is 2.18 bits per heavy atom. The molecule has 6 nitrogen and oxygen atoms in total. The summed E-state index contributed by atoms with van der Waals surface area (Å²) in [5.41, 5.74) is -1.47. The van der Waals surface area contributed by atoms with E-state index in [9.17, 15) is 14.9 Å². The third-order valence-electron chi connectivity index (χ3n) is 2.14. The molecule has 0 spiro atoms. The zero-order chi connectivity index (χ0) is 12.6. The maximum absolute atomic E-state index is 11.7. The minimum absolute atomic E-state index is 0.0339. The molecule has 0 aliphatic heterocycles. The summed E-state index contributed by atoms with van der Waals surface area (Å²) in [6.45, 7) is 0. The molecule has 2 rings (SSSR count). The molecule has 0 fully saturated rings. The first-order valence-electron chi connectivity index (χ1n) is 4.34. The highest BCUT2D eigenvalue weighted by molar-refractivity contribution is 6.31. The molecule has 1 aromatic carbocycles. The minimum Gasteiger partial charge on any atom is -0.455 e. The largest absolute Gasteiger partial charge is 0.455 e. The molecule has 84 valence electrons. The predicted octanol–water partition coefficient (Wildman–Crippen LogP) is 2.23. The summed E-state index contributed by atoms with van der Waals surface area (Å²) in [5, 5.41) is 19.4. The van der Waals surface area contributed by atoms with Crippen molar-refractivity contribution >= 4 is 28.3 Å². The van der Waals surface area contributed by atoms with Crippen molar-refractivity contribution in [3.63, 3.8) is 0 Å². The van der Waals surface area contributed by atoms with Crippen molar-refractivity contribution in [2.45, 2.75) is 0 Å². The smallest absolute Gasteiger partial charge is 0.313 e. The number of benzene rings is 1. The van der Waals surface area contributed by atoms with E-state index in [1.54, 1.807) is 6.07 Å². The Bertz CT molecular complexity index is 729. The van der Waals surface area contributed by atoms with Gasteiger partial charge in [0.25, 0.3) is 0 Å². The molecule has 1 heterocycles. The average Bonchev–Trinajstić information content (AvgIpc) is 2.29. The van der Waals surface area contributed by atoms with Gasteiger partial charge in [-0.25, -0.2) is 0 Å². The summed E-state index contributed by atoms with van der Waals surface area (Å²) in [6, 6.07) is 3.95. The molecule has 0 aliphatic carbocycles. The van der Waals surface area contributed by atoms with Gasteiger partial charge < -0.3 is 4.42 Å². The SMILES string of the molecule is N#Cc1coc2c([N+](=O)[O-])cc(Cl)cc2c1=O. The van der Waals surface area contributed by atoms with Crippen LogP contribution in [0.1, 0.15) is 5.56 Å². The van der Waals surface area contributed by atoms with Crippen LogP contribution in [-0.4, -0.2) is 4.92 Å². The Morgan fingerprint density at radius 3 is 2.76 bits per heavy atom. The molecule has 0 N–H and O–H groups in total. The Hall–Kier alpha value is -2.39. The van der Waals surface area contributed by atoms with E-state index in [4.69, 9.17) is 21.3 Å². The van der Waals surface area contributed by atoms with E-state index in [-0.39, 0.29) is 21.6 Å². The van der Waals surface area contributed by atoms with Crippen LogP contribution < -0.4 is 5.43 Å². The molecular weight excluding hydrogens is 248 g/mol. The second kappa shape index (κ2) is 3.88. The third-order valence-corrected chi connectivity index (χ3v) is 2.35. The number of rotatable bonds is 1. The van der Waals surface area contributed by atoms with Crippen LogP contribution >= 0.6 is 11.6 Å². The van der Waals surface area contributed by atoms with Gasteiger partial charge in [-0.3, -0.25) is 14.9 Å². The second-order valence-electron chi connectivity index (χ2n) is 3.15. The number of non-ortho nitro benzene ring substituents is 1. The normalized spacial score (nSPS) is 10.1. The molecule has 0 atom stereocenters. The zero-order valence-corrected chi connectivity index (χ0v) is 8.89. The summed E-state index contributed by atoms with van der Waals surface area (Å²) < 4.78 is 4.94. The van der Waals surface area contributed by atoms with E-state index in [0.29, 0.717) is 0 Å². The number of nitriles is 1. The van der Waals surface area contributed by atoms with Gasteiger partial charge in [0.05, 0.1) is 10.3 Å². The minimum atomic E-state index is -0.705. The Morgan fingerprint density at radius 1 is 1.47 bits per heavy atom. The molecule has 1 aromatic heterocycles. The van der Waals surface area contributed by atoms with E-state index in [1.807, 2.05) is 0 Å². The van der Waals surface area contributed by atoms with E-state index < -0.39 is 16.0 Å². The molecule has 0 radical (unpaired) electrons. The molecule has 0 unspecified atom stereocenters. The van der Waals surface area contributed by atoms with E-state index >= 15 is 0 Å². The standard InChI is InChI=1S/C10H3ClN2O4/c11-6-1-7-9(14)5(3-12)4-17-10(7)8(2-6)13(15)16/h1-2,4H. The fourth-order valence-electron chi connectivity index (χ4n) is 1.40. The van der Waals surface area contributed by atoms with Gasteiger partial charge >= 0.3 is 5.69 Å². The summed E-state index contributed by atoms with van der Waals surface area (Å²) in [4.78, 5) is 21.8. The predicted molar refractivity (Wildman–Crippen MR) is 58.9 cm³/mol. The van der Waals surface area contributed by atoms with Gasteiger partial charge in [0.15, 0.2) is 0 Å². The van der Waals surface area contributed by atoms with E-state index in [0.717, 1.165) is 12.3 Å². The maximum atomic E-state index is 11.7. The molecular formula is C10H3ClN2O4. The average molecular weight is 251 g/mol. The van der Waals surface area contributed by atoms with E-state index in [2.05, 4.69) is 0 Å². The van der Waals surface area contributed by atoms with Gasteiger partial charge in [-0.05, 0) is 6.07 Å². The van der Waals surface area contributed by atoms with Crippen LogP contribution in [0.4, 0.5) is 5.69 Å². The van der Waals surface area contributed by atoms with Gasteiger partial charge in [0.1, 0.15) is 17.9 Å². The van der Waals surface area contributed by atoms with Gasteiger partial charge in [-0.2, -0.15) is 5.26 Å². The molecule has 2 aromatic rings. The number of halogens is 1. The Kier molecular flexibility index (Phi) is 2.54. The first-order valence-corrected chi connectivity index (χ1v) is 4.72. The fourth-order valence-corrected chi connectivity index (χ4v) is 1.61. The molecule has 0 aliphatic rings. The van der Waals surface area contributed by atoms with Crippen molar-refractivity contribution in [1.82, 2.24) is 0 Å². The number of nitrogens with zero attached hydrogens (tertiary/aromatic N) is 2. The zero-order valence-electron chi connectivity index (χ0n) is 8.14. The molecule has 0 bridgehead atoms. The molecule has 0 saturated carbocycles. The molecule has 0 saturated heterocycles. The first-order chi connectivity index (χ1) is 8.04. The monoisotopic (exact) mass is 250 g/mol. The lowest BCUT2D eigenvalue weighted by molar-refractivity contribution is -0.383. The molecule has 17 heavy (non-hydrogen) atoms. The number of hydrogen-bond donors (Lipinski definition) is 0. The highest BCUT2D eigenvalue weighted by atomic mass is 35.5. The Labute approximate surface area is 98.8 Å². The highest BCUT2D eigenvalue weighted by Crippen LogP contribution is 2.28. The third kappa shape index (κ3) is 1.73. The summed E-state index contributed by atoms with van der Waals surface area (Å²) >= 11 is 5.67. The van der Waals surface area contributed by atoms with Crippen molar-refractivity contribution in [3.05, 3.63) is 49.3 Å². The lowest BCUT2D eigenvalue weighted by Crippen LogP contribution is -2.06. The van der Waals surface area contributed by atoms with Gasteiger partial charge in [0.2, 0.25) is 11.0 Å². The molecule has 0 amide bonds. The summed E-state index contributed by atoms with van der Waals surface area (Å²) in [6.07, 6.45) is 0.894. The lowest BCUT2D eigenvalue weighted by atomic mass is 10.1. The summed E-state index contributed by atoms with van der Waals surface area (Å²) in [5.74, 6) is 0. The molecule has 7 heteroatoms. The number of hydrogen-bond acceptors (Lipinski definition) is 5. The lowest BCUT2D eigenvalue weighted by Gasteiger charge is -1.99. The van der Waals surface area contributed by atoms with Crippen molar-refractivity contribution in [3.8, 4) is 6.07 Å². The first kappa shape index (κ1) is 11.1. The number of fused-ring (bicyclic) bond motifs is 1. The Balaban J connectivity index is 3.00. The maximum Gasteiger partial charge on any atom is 0.313 e. The fraction of sp³-hybridized carbons (Fsp3) is 0. The van der Waals surface area contributed by atoms with Gasteiger partial charge in [-0.15, -0.1) is 0 Å². The van der Waals surface area contributed by atoms with Gasteiger partial charge in [-0.1, -0.05) is 11.6 Å². The number of nitro benzene ring substituents is 1. The van der Waals surface area contributed by atoms with Crippen molar-refractivity contribution in [2.75, 3.05) is 0 Å². The topological polar surface area (TPSA) is 97.1 Å². The van der Waals surface area contributed by atoms with Crippen molar-refractivity contribution in [2.24, 2.45) is 0 Å². The van der Waals surface area contributed by atoms with E-state index in [1.165, 1.54) is 6.07 Å². The second-order valence-corrected chi connectivity index (χ2v) is 3.59. The highest BCUT2D eigenvalue weighted by Gasteiger charge is 2.19. The van der Waals surface area contributed by atoms with Crippen LogP contribution in [0.3, 0.4) is 0 Å². The summed E-state index contributed by atoms with van der Waals surface area (Å²) in [7, 11) is 0. The van der Waals surface area contributed by atoms with Crippen LogP contribution in [0.2, 0.25) is 5.02 Å². The van der Waals surface area contributed by atoms with Crippen LogP contribution in [-0.2, 0) is 0 Å². The van der Waals surface area contributed by atoms with Crippen molar-refractivity contribution < 1.29 is 9.34 Å².